The van der Waals surface area contributed by atoms with Gasteiger partial charge in [-0.15, -0.1) is 0 Å². The first-order valence-corrected chi connectivity index (χ1v) is 2.00. The van der Waals surface area contributed by atoms with Crippen molar-refractivity contribution >= 4 is 0 Å². The summed E-state index contributed by atoms with van der Waals surface area (Å²) in [4.78, 5) is 0. The molecule has 0 heterocycles. The molecule has 10 heteroatoms. The number of rotatable bonds is 0. The van der Waals surface area contributed by atoms with Gasteiger partial charge in [-0.25, -0.2) is 0 Å². The van der Waals surface area contributed by atoms with E-state index < -0.39 is 0 Å². The van der Waals surface area contributed by atoms with Gasteiger partial charge in [0.1, 0.15) is 0 Å². The van der Waals surface area contributed by atoms with Crippen molar-refractivity contribution < 1.29 is 327 Å². The van der Waals surface area contributed by atoms with Gasteiger partial charge in [-0.2, -0.15) is 0 Å². The topological polar surface area (TPSA) is 0 Å². The van der Waals surface area contributed by atoms with E-state index in [0.29, 0.717) is 0 Å². The Hall–Kier alpha value is 11.0. The predicted molar refractivity (Wildman–Crippen MR) is 37.1 cm³/mol. The number of hydrogen-bond donors (Lipinski definition) is 0. The smallest absolute Gasteiger partial charge is 0 e. The molecule has 0 saturated carbocycles. The Morgan fingerprint density at radius 2 is 0.353 bits per heavy atom. The third kappa shape index (κ3) is 139. The van der Waals surface area contributed by atoms with Gasteiger partial charge in [-0.1, -0.05) is 0 Å². The van der Waals surface area contributed by atoms with Crippen molar-refractivity contribution in [1.29, 1.82) is 0 Å². The van der Waals surface area contributed by atoms with Gasteiger partial charge in [0.05, 0.1) is 0 Å². The van der Waals surface area contributed by atoms with Gasteiger partial charge in [0, 0.05) is 327 Å². The van der Waals surface area contributed by atoms with E-state index in [1.165, 1.54) is 0 Å². The molecule has 0 aliphatic rings. The Morgan fingerprint density at radius 3 is 0.353 bits per heavy atom. The Labute approximate surface area is 363 Å². The predicted octanol–water partition coefficient (Wildman–Crippen LogP) is 2.51. The van der Waals surface area contributed by atoms with Gasteiger partial charge in [0.25, 0.3) is 0 Å². The van der Waals surface area contributed by atoms with Crippen LogP contribution in [0.1, 0.15) is 12.8 Å². The molecule has 0 aromatic heterocycles. The minimum atomic E-state index is 0. The Kier molecular flexibility index (Phi) is 575. The largest absolute Gasteiger partial charge is 0.372 e. The molecule has 0 amide bonds. The summed E-state index contributed by atoms with van der Waals surface area (Å²) in [5.74, 6) is 0. The van der Waals surface area contributed by atoms with Crippen molar-refractivity contribution in [3.63, 3.8) is 0 Å². The van der Waals surface area contributed by atoms with Crippen molar-refractivity contribution in [2.24, 2.45) is 0 Å². The molecule has 0 bridgehead atoms. The van der Waals surface area contributed by atoms with Crippen LogP contribution in [-0.4, -0.2) is 0 Å². The first-order valence-electron chi connectivity index (χ1n) is 2.00. The fraction of sp³-hybridized carbons (Fsp3) is 0.286. The van der Waals surface area contributed by atoms with Crippen LogP contribution in [0.15, 0.2) is 0 Å². The van der Waals surface area contributed by atoms with Gasteiger partial charge >= 0.3 is 0 Å². The average Bonchev–Trinajstić information content (AvgIpc) is 1.39. The monoisotopic (exact) mass is 988 g/mol. The van der Waals surface area contributed by atoms with Gasteiger partial charge in [-0.05, 0) is 0 Å². The Morgan fingerprint density at radius 1 is 0.353 bits per heavy atom. The average molecular weight is 988 g/mol. The molecule has 0 aliphatic carbocycles. The van der Waals surface area contributed by atoms with Crippen LogP contribution in [0, 0.1) is 35.1 Å². The maximum Gasteiger partial charge on any atom is 0 e. The molecular formula is C7H15Y10-5. The van der Waals surface area contributed by atoms with Crippen LogP contribution in [0.25, 0.3) is 0 Å². The molecule has 0 aliphatic heterocycles. The summed E-state index contributed by atoms with van der Waals surface area (Å²) in [5.41, 5.74) is 0. The van der Waals surface area contributed by atoms with Gasteiger partial charge in [0.15, 0.2) is 0 Å². The molecule has 10 radical (unpaired) electrons. The maximum absolute atomic E-state index is 3.38. The minimum absolute atomic E-state index is 0. The van der Waals surface area contributed by atoms with Crippen molar-refractivity contribution in [2.45, 2.75) is 12.8 Å². The summed E-state index contributed by atoms with van der Waals surface area (Å²) in [7, 11) is 0. The molecule has 0 spiro atoms. The van der Waals surface area contributed by atoms with Crippen LogP contribution in [0.3, 0.4) is 0 Å². The fourth-order valence-electron chi connectivity index (χ4n) is 0. The summed E-state index contributed by atoms with van der Waals surface area (Å²) in [6, 6.07) is 0. The molecule has 17 heavy (non-hydrogen) atoms. The van der Waals surface area contributed by atoms with Gasteiger partial charge in [-0.3, -0.25) is 0 Å². The van der Waals surface area contributed by atoms with E-state index in [1.54, 1.807) is 0 Å². The van der Waals surface area contributed by atoms with Crippen LogP contribution in [0.4, 0.5) is 0 Å². The minimum Gasteiger partial charge on any atom is -0.372 e. The standard InChI is InChI=1S/2C3H6.CH3.10Y/c2*1-3-2;;;;;;;;;;;/h2*1-3H2;1H3;;;;;;;;;;/q2*-2;-1;;;;;;;;;;. The fourth-order valence-corrected chi connectivity index (χ4v) is 0. The van der Waals surface area contributed by atoms with Crippen molar-refractivity contribution in [1.82, 2.24) is 0 Å². The van der Waals surface area contributed by atoms with Crippen LogP contribution >= 0.6 is 0 Å². The molecule has 0 saturated heterocycles. The second-order valence-corrected chi connectivity index (χ2v) is 0.707. The van der Waals surface area contributed by atoms with Gasteiger partial charge in [0.2, 0.25) is 0 Å². The third-order valence-corrected chi connectivity index (χ3v) is 0. The summed E-state index contributed by atoms with van der Waals surface area (Å²) in [6.45, 7) is 13.5. The summed E-state index contributed by atoms with van der Waals surface area (Å²) >= 11 is 0. The van der Waals surface area contributed by atoms with Crippen molar-refractivity contribution in [3.05, 3.63) is 35.1 Å². The molecule has 0 unspecified atom stereocenters. The van der Waals surface area contributed by atoms with E-state index >= 15 is 0 Å². The van der Waals surface area contributed by atoms with E-state index in [0.717, 1.165) is 12.8 Å². The summed E-state index contributed by atoms with van der Waals surface area (Å²) in [6.07, 6.45) is 1.50. The molecule has 78 valence electrons. The first-order chi connectivity index (χ1) is 2.83. The first kappa shape index (κ1) is 90.6. The zero-order chi connectivity index (χ0) is 5.41. The quantitative estimate of drug-likeness (QED) is 0.328. The van der Waals surface area contributed by atoms with Crippen LogP contribution < -0.4 is 0 Å². The molecule has 0 nitrogen and oxygen atoms in total. The summed E-state index contributed by atoms with van der Waals surface area (Å²) in [5, 5.41) is 0. The zero-order valence-electron chi connectivity index (χ0n) is 11.0. The zero-order valence-corrected chi connectivity index (χ0v) is 39.4. The SMILES string of the molecule is [CH2-]C[CH2-].[CH2-]C[CH2-].[CH3-].[Y].[Y].[Y].[Y].[Y].[Y].[Y].[Y].[Y].[Y]. The normalized spacial score (nSPS) is 2.12. The summed E-state index contributed by atoms with van der Waals surface area (Å²) < 4.78 is 0. The van der Waals surface area contributed by atoms with E-state index in [2.05, 4.69) is 27.7 Å². The van der Waals surface area contributed by atoms with E-state index in [1.807, 2.05) is 0 Å². The van der Waals surface area contributed by atoms with Crippen molar-refractivity contribution in [2.75, 3.05) is 0 Å². The Bertz CT molecular complexity index is 18.6. The molecule has 0 rings (SSSR count). The maximum atomic E-state index is 3.38. The second-order valence-electron chi connectivity index (χ2n) is 0.707. The van der Waals surface area contributed by atoms with E-state index in [4.69, 9.17) is 0 Å². The molecular weight excluding hydrogens is 973 g/mol. The third-order valence-electron chi connectivity index (χ3n) is 0. The molecule has 0 N–H and O–H groups in total. The van der Waals surface area contributed by atoms with Crippen LogP contribution in [0.2, 0.25) is 0 Å². The molecule has 0 aromatic carbocycles. The number of hydrogen-bond acceptors (Lipinski definition) is 0. The van der Waals surface area contributed by atoms with E-state index in [-0.39, 0.29) is 335 Å². The van der Waals surface area contributed by atoms with Crippen molar-refractivity contribution in [3.8, 4) is 0 Å². The Balaban J connectivity index is -0.00000000104. The van der Waals surface area contributed by atoms with Crippen LogP contribution in [0.5, 0.6) is 0 Å². The molecule has 0 aromatic rings. The molecule has 0 fully saturated rings. The van der Waals surface area contributed by atoms with Crippen LogP contribution in [-0.2, 0) is 327 Å². The van der Waals surface area contributed by atoms with E-state index in [9.17, 15) is 0 Å². The van der Waals surface area contributed by atoms with Gasteiger partial charge < -0.3 is 48.0 Å². The second kappa shape index (κ2) is 108. The molecule has 0 atom stereocenters.